The summed E-state index contributed by atoms with van der Waals surface area (Å²) < 4.78 is 34.3. The lowest BCUT2D eigenvalue weighted by Crippen LogP contribution is -2.17. The van der Waals surface area contributed by atoms with E-state index in [0.717, 1.165) is 31.2 Å². The zero-order valence-electron chi connectivity index (χ0n) is 16.5. The van der Waals surface area contributed by atoms with Gasteiger partial charge in [0.2, 0.25) is 0 Å². The molecule has 0 aliphatic heterocycles. The zero-order valence-corrected chi connectivity index (χ0v) is 17.3. The van der Waals surface area contributed by atoms with Crippen LogP contribution in [0.2, 0.25) is 0 Å². The van der Waals surface area contributed by atoms with Crippen molar-refractivity contribution in [3.8, 4) is 11.8 Å². The molecular weight excluding hydrogens is 386 g/mol. The molecule has 0 unspecified atom stereocenters. The number of nitrogens with zero attached hydrogens (tertiary/aromatic N) is 2. The Morgan fingerprint density at radius 2 is 1.55 bits per heavy atom. The van der Waals surface area contributed by atoms with Crippen molar-refractivity contribution in [2.24, 2.45) is 0 Å². The number of anilines is 1. The SMILES string of the molecule is Cc1nc(Oc2ccccc2)nc(C)c1NS(=O)(=O)c1ccc2c(c1)CCCC2. The molecule has 0 fully saturated rings. The van der Waals surface area contributed by atoms with Crippen molar-refractivity contribution in [3.05, 3.63) is 71.0 Å². The van der Waals surface area contributed by atoms with Crippen molar-refractivity contribution in [2.75, 3.05) is 4.72 Å². The highest BCUT2D eigenvalue weighted by molar-refractivity contribution is 7.92. The lowest BCUT2D eigenvalue weighted by molar-refractivity contribution is 0.439. The second-order valence-electron chi connectivity index (χ2n) is 7.21. The van der Waals surface area contributed by atoms with Crippen molar-refractivity contribution in [1.82, 2.24) is 9.97 Å². The Morgan fingerprint density at radius 1 is 0.897 bits per heavy atom. The third-order valence-corrected chi connectivity index (χ3v) is 6.42. The first-order valence-corrected chi connectivity index (χ1v) is 11.1. The number of aryl methyl sites for hydroxylation is 4. The van der Waals surface area contributed by atoms with E-state index < -0.39 is 10.0 Å². The molecule has 1 aliphatic carbocycles. The van der Waals surface area contributed by atoms with Crippen LogP contribution in [-0.2, 0) is 22.9 Å². The van der Waals surface area contributed by atoms with Crippen LogP contribution < -0.4 is 9.46 Å². The Bertz CT molecular complexity index is 1120. The molecule has 2 aromatic carbocycles. The van der Waals surface area contributed by atoms with E-state index in [4.69, 9.17) is 4.74 Å². The molecule has 3 aromatic rings. The molecule has 0 amide bonds. The fourth-order valence-corrected chi connectivity index (χ4v) is 4.77. The van der Waals surface area contributed by atoms with Crippen LogP contribution in [0.3, 0.4) is 0 Å². The number of rotatable bonds is 5. The standard InChI is InChI=1S/C22H23N3O3S/c1-15-21(16(2)24-22(23-15)28-19-10-4-3-5-11-19)25-29(26,27)20-13-12-17-8-6-7-9-18(17)14-20/h3-5,10-14,25H,6-9H2,1-2H3. The highest BCUT2D eigenvalue weighted by atomic mass is 32.2. The number of nitrogens with one attached hydrogen (secondary N) is 1. The molecule has 1 aromatic heterocycles. The smallest absolute Gasteiger partial charge is 0.322 e. The maximum Gasteiger partial charge on any atom is 0.322 e. The molecule has 6 nitrogen and oxygen atoms in total. The molecule has 1 heterocycles. The molecule has 0 atom stereocenters. The summed E-state index contributed by atoms with van der Waals surface area (Å²) in [6.07, 6.45) is 4.19. The minimum Gasteiger partial charge on any atom is -0.424 e. The lowest BCUT2D eigenvalue weighted by atomic mass is 9.92. The Morgan fingerprint density at radius 3 is 2.24 bits per heavy atom. The van der Waals surface area contributed by atoms with Crippen LogP contribution in [0, 0.1) is 13.8 Å². The van der Waals surface area contributed by atoms with E-state index in [0.29, 0.717) is 22.8 Å². The van der Waals surface area contributed by atoms with Gasteiger partial charge in [-0.25, -0.2) is 8.42 Å². The van der Waals surface area contributed by atoms with Gasteiger partial charge >= 0.3 is 6.01 Å². The Hall–Kier alpha value is -2.93. The summed E-state index contributed by atoms with van der Waals surface area (Å²) in [5.74, 6) is 0.619. The molecule has 1 aliphatic rings. The van der Waals surface area contributed by atoms with Crippen molar-refractivity contribution in [2.45, 2.75) is 44.4 Å². The first-order valence-electron chi connectivity index (χ1n) is 9.65. The quantitative estimate of drug-likeness (QED) is 0.668. The number of hydrogen-bond acceptors (Lipinski definition) is 5. The Kier molecular flexibility index (Phi) is 5.24. The first kappa shape index (κ1) is 19.4. The van der Waals surface area contributed by atoms with Crippen LogP contribution in [0.25, 0.3) is 0 Å². The topological polar surface area (TPSA) is 81.2 Å². The second kappa shape index (κ2) is 7.83. The fourth-order valence-electron chi connectivity index (χ4n) is 3.54. The van der Waals surface area contributed by atoms with Gasteiger partial charge in [-0.3, -0.25) is 4.72 Å². The van der Waals surface area contributed by atoms with Gasteiger partial charge in [0, 0.05) is 0 Å². The van der Waals surface area contributed by atoms with Gasteiger partial charge in [0.1, 0.15) is 5.75 Å². The van der Waals surface area contributed by atoms with Gasteiger partial charge in [-0.15, -0.1) is 0 Å². The molecule has 7 heteroatoms. The molecule has 1 N–H and O–H groups in total. The maximum atomic E-state index is 13.0. The van der Waals surface area contributed by atoms with Gasteiger partial charge in [0.05, 0.1) is 22.0 Å². The van der Waals surface area contributed by atoms with Gasteiger partial charge in [0.15, 0.2) is 0 Å². The van der Waals surface area contributed by atoms with Gasteiger partial charge in [-0.05, 0) is 74.9 Å². The molecular formula is C22H23N3O3S. The highest BCUT2D eigenvalue weighted by Crippen LogP contribution is 2.28. The molecule has 0 bridgehead atoms. The summed E-state index contributed by atoms with van der Waals surface area (Å²) in [4.78, 5) is 8.90. The number of benzene rings is 2. The van der Waals surface area contributed by atoms with Crippen LogP contribution in [0.5, 0.6) is 11.8 Å². The number of hydrogen-bond donors (Lipinski definition) is 1. The minimum absolute atomic E-state index is 0.183. The number of sulfonamides is 1. The van der Waals surface area contributed by atoms with E-state index in [1.54, 1.807) is 38.1 Å². The van der Waals surface area contributed by atoms with Gasteiger partial charge < -0.3 is 4.74 Å². The zero-order chi connectivity index (χ0) is 20.4. The highest BCUT2D eigenvalue weighted by Gasteiger charge is 2.21. The van der Waals surface area contributed by atoms with Crippen molar-refractivity contribution >= 4 is 15.7 Å². The average Bonchev–Trinajstić information content (AvgIpc) is 2.71. The first-order chi connectivity index (χ1) is 13.9. The maximum absolute atomic E-state index is 13.0. The molecule has 29 heavy (non-hydrogen) atoms. The number of ether oxygens (including phenoxy) is 1. The molecule has 0 spiro atoms. The minimum atomic E-state index is -3.73. The van der Waals surface area contributed by atoms with Crippen LogP contribution in [0.15, 0.2) is 53.4 Å². The lowest BCUT2D eigenvalue weighted by Gasteiger charge is -2.18. The predicted molar refractivity (Wildman–Crippen MR) is 112 cm³/mol. The van der Waals surface area contributed by atoms with E-state index in [2.05, 4.69) is 14.7 Å². The molecule has 150 valence electrons. The second-order valence-corrected chi connectivity index (χ2v) is 8.89. The van der Waals surface area contributed by atoms with E-state index >= 15 is 0 Å². The largest absolute Gasteiger partial charge is 0.424 e. The third-order valence-electron chi connectivity index (χ3n) is 5.07. The summed E-state index contributed by atoms with van der Waals surface area (Å²) >= 11 is 0. The summed E-state index contributed by atoms with van der Waals surface area (Å²) in [5, 5.41) is 0. The summed E-state index contributed by atoms with van der Waals surface area (Å²) in [7, 11) is -3.73. The Balaban J connectivity index is 1.60. The van der Waals surface area contributed by atoms with Crippen LogP contribution in [-0.4, -0.2) is 18.4 Å². The predicted octanol–water partition coefficient (Wildman–Crippen LogP) is 4.57. The summed E-state index contributed by atoms with van der Waals surface area (Å²) in [5.41, 5.74) is 3.75. The van der Waals surface area contributed by atoms with Crippen molar-refractivity contribution in [1.29, 1.82) is 0 Å². The average molecular weight is 410 g/mol. The van der Waals surface area contributed by atoms with E-state index in [-0.39, 0.29) is 10.9 Å². The van der Waals surface area contributed by atoms with Crippen LogP contribution in [0.4, 0.5) is 5.69 Å². The summed E-state index contributed by atoms with van der Waals surface area (Å²) in [6.45, 7) is 3.47. The van der Waals surface area contributed by atoms with Crippen LogP contribution >= 0.6 is 0 Å². The van der Waals surface area contributed by atoms with E-state index in [1.165, 1.54) is 5.56 Å². The molecule has 4 rings (SSSR count). The van der Waals surface area contributed by atoms with Gasteiger partial charge in [-0.1, -0.05) is 24.3 Å². The summed E-state index contributed by atoms with van der Waals surface area (Å²) in [6, 6.07) is 14.8. The third kappa shape index (κ3) is 4.24. The molecule has 0 radical (unpaired) electrons. The number of para-hydroxylation sites is 1. The normalized spacial score (nSPS) is 13.6. The van der Waals surface area contributed by atoms with Gasteiger partial charge in [-0.2, -0.15) is 9.97 Å². The van der Waals surface area contributed by atoms with Crippen molar-refractivity contribution < 1.29 is 13.2 Å². The number of aromatic nitrogens is 2. The molecule has 0 saturated carbocycles. The van der Waals surface area contributed by atoms with Crippen LogP contribution in [0.1, 0.15) is 35.4 Å². The molecule has 0 saturated heterocycles. The number of fused-ring (bicyclic) bond motifs is 1. The van der Waals surface area contributed by atoms with E-state index in [1.807, 2.05) is 24.3 Å². The van der Waals surface area contributed by atoms with E-state index in [9.17, 15) is 8.42 Å². The Labute approximate surface area is 171 Å². The van der Waals surface area contributed by atoms with Crippen molar-refractivity contribution in [3.63, 3.8) is 0 Å². The fraction of sp³-hybridized carbons (Fsp3) is 0.273. The van der Waals surface area contributed by atoms with Gasteiger partial charge in [0.25, 0.3) is 10.0 Å². The monoisotopic (exact) mass is 409 g/mol.